The second-order valence-electron chi connectivity index (χ2n) is 3.32. The van der Waals surface area contributed by atoms with E-state index in [0.29, 0.717) is 11.3 Å². The molecular formula is C11H13ClO5. The van der Waals surface area contributed by atoms with Crippen LogP contribution in [-0.2, 0) is 11.2 Å². The highest BCUT2D eigenvalue weighted by Crippen LogP contribution is 2.42. The van der Waals surface area contributed by atoms with E-state index >= 15 is 0 Å². The van der Waals surface area contributed by atoms with Crippen molar-refractivity contribution in [3.8, 4) is 17.2 Å². The Hall–Kier alpha value is -1.62. The van der Waals surface area contributed by atoms with Gasteiger partial charge in [-0.25, -0.2) is 0 Å². The van der Waals surface area contributed by atoms with Crippen molar-refractivity contribution in [2.75, 3.05) is 14.2 Å². The zero-order valence-corrected chi connectivity index (χ0v) is 10.2. The number of ether oxygens (including phenoxy) is 2. The highest BCUT2D eigenvalue weighted by Gasteiger charge is 2.18. The first-order valence-electron chi connectivity index (χ1n) is 4.85. The lowest BCUT2D eigenvalue weighted by molar-refractivity contribution is -0.136. The summed E-state index contributed by atoms with van der Waals surface area (Å²) in [5.41, 5.74) is 0.340. The summed E-state index contributed by atoms with van der Waals surface area (Å²) in [6.45, 7) is 0. The monoisotopic (exact) mass is 260 g/mol. The molecule has 0 aromatic heterocycles. The van der Waals surface area contributed by atoms with Crippen LogP contribution >= 0.6 is 11.6 Å². The minimum Gasteiger partial charge on any atom is -0.507 e. The van der Waals surface area contributed by atoms with Gasteiger partial charge in [0.25, 0.3) is 0 Å². The van der Waals surface area contributed by atoms with Crippen molar-refractivity contribution >= 4 is 17.6 Å². The number of phenols is 1. The molecule has 5 nitrogen and oxygen atoms in total. The highest BCUT2D eigenvalue weighted by molar-refractivity contribution is 6.33. The number of aliphatic carboxylic acids is 1. The fraction of sp³-hybridized carbons (Fsp3) is 0.364. The Morgan fingerprint density at radius 2 is 2.06 bits per heavy atom. The molecule has 6 heteroatoms. The Bertz CT molecular complexity index is 430. The van der Waals surface area contributed by atoms with Crippen LogP contribution in [0.5, 0.6) is 17.2 Å². The number of benzene rings is 1. The van der Waals surface area contributed by atoms with Gasteiger partial charge in [-0.3, -0.25) is 4.79 Å². The molecule has 0 amide bonds. The fourth-order valence-corrected chi connectivity index (χ4v) is 1.81. The third-order valence-corrected chi connectivity index (χ3v) is 2.68. The summed E-state index contributed by atoms with van der Waals surface area (Å²) in [6, 6.07) is 1.35. The van der Waals surface area contributed by atoms with E-state index in [0.717, 1.165) is 0 Å². The molecule has 0 spiro atoms. The predicted octanol–water partition coefficient (Wildman–Crippen LogP) is 2.08. The lowest BCUT2D eigenvalue weighted by Crippen LogP contribution is -2.00. The van der Waals surface area contributed by atoms with Crippen molar-refractivity contribution < 1.29 is 24.5 Å². The minimum absolute atomic E-state index is 0.103. The first-order chi connectivity index (χ1) is 8.01. The molecule has 17 heavy (non-hydrogen) atoms. The van der Waals surface area contributed by atoms with E-state index in [2.05, 4.69) is 0 Å². The molecule has 0 unspecified atom stereocenters. The molecule has 0 heterocycles. The normalized spacial score (nSPS) is 10.1. The van der Waals surface area contributed by atoms with E-state index in [9.17, 15) is 9.90 Å². The van der Waals surface area contributed by atoms with Gasteiger partial charge in [0.05, 0.1) is 19.2 Å². The number of methoxy groups -OCH3 is 2. The van der Waals surface area contributed by atoms with Gasteiger partial charge >= 0.3 is 5.97 Å². The van der Waals surface area contributed by atoms with Crippen molar-refractivity contribution in [2.45, 2.75) is 12.8 Å². The Labute approximate surface area is 104 Å². The molecule has 2 N–H and O–H groups in total. The zero-order chi connectivity index (χ0) is 13.0. The number of hydrogen-bond acceptors (Lipinski definition) is 4. The summed E-state index contributed by atoms with van der Waals surface area (Å²) in [5.74, 6) is -0.481. The average molecular weight is 261 g/mol. The van der Waals surface area contributed by atoms with Gasteiger partial charge in [0.1, 0.15) is 5.75 Å². The van der Waals surface area contributed by atoms with Gasteiger partial charge in [0, 0.05) is 18.1 Å². The fourth-order valence-electron chi connectivity index (χ4n) is 1.45. The topological polar surface area (TPSA) is 76.0 Å². The van der Waals surface area contributed by atoms with Crippen LogP contribution in [0.4, 0.5) is 0 Å². The van der Waals surface area contributed by atoms with Gasteiger partial charge < -0.3 is 19.7 Å². The number of hydrogen-bond donors (Lipinski definition) is 2. The van der Waals surface area contributed by atoms with Crippen molar-refractivity contribution in [2.24, 2.45) is 0 Å². The number of halogens is 1. The smallest absolute Gasteiger partial charge is 0.303 e. The van der Waals surface area contributed by atoms with Crippen molar-refractivity contribution in [1.29, 1.82) is 0 Å². The van der Waals surface area contributed by atoms with E-state index in [1.165, 1.54) is 20.3 Å². The van der Waals surface area contributed by atoms with E-state index in [1.54, 1.807) is 0 Å². The van der Waals surface area contributed by atoms with Gasteiger partial charge in [-0.05, 0) is 6.42 Å². The van der Waals surface area contributed by atoms with Gasteiger partial charge in [-0.15, -0.1) is 0 Å². The zero-order valence-electron chi connectivity index (χ0n) is 9.49. The molecule has 0 saturated heterocycles. The number of carbonyl (C=O) groups is 1. The Balaban J connectivity index is 3.17. The molecule has 0 atom stereocenters. The van der Waals surface area contributed by atoms with E-state index in [-0.39, 0.29) is 29.4 Å². The minimum atomic E-state index is -0.963. The maximum Gasteiger partial charge on any atom is 0.303 e. The van der Waals surface area contributed by atoms with Gasteiger partial charge in [-0.2, -0.15) is 0 Å². The van der Waals surface area contributed by atoms with Crippen LogP contribution in [0.2, 0.25) is 5.02 Å². The van der Waals surface area contributed by atoms with Crippen LogP contribution in [-0.4, -0.2) is 30.4 Å². The summed E-state index contributed by atoms with van der Waals surface area (Å²) in [6.07, 6.45) is 0.00309. The van der Waals surface area contributed by atoms with Crippen LogP contribution in [0.15, 0.2) is 6.07 Å². The number of carboxylic acid groups (broad SMARTS) is 1. The molecule has 94 valence electrons. The number of phenolic OH excluding ortho intramolecular Hbond substituents is 1. The van der Waals surface area contributed by atoms with Crippen LogP contribution < -0.4 is 9.47 Å². The second kappa shape index (κ2) is 5.63. The molecule has 0 fully saturated rings. The van der Waals surface area contributed by atoms with Crippen LogP contribution in [0.3, 0.4) is 0 Å². The van der Waals surface area contributed by atoms with Crippen molar-refractivity contribution in [3.63, 3.8) is 0 Å². The average Bonchev–Trinajstić information content (AvgIpc) is 2.27. The lowest BCUT2D eigenvalue weighted by atomic mass is 10.1. The third-order valence-electron chi connectivity index (χ3n) is 2.28. The van der Waals surface area contributed by atoms with Gasteiger partial charge in [-0.1, -0.05) is 11.6 Å². The van der Waals surface area contributed by atoms with Gasteiger partial charge in [0.2, 0.25) is 0 Å². The lowest BCUT2D eigenvalue weighted by Gasteiger charge is -2.14. The van der Waals surface area contributed by atoms with Crippen LogP contribution in [0, 0.1) is 0 Å². The number of aromatic hydroxyl groups is 1. The summed E-state index contributed by atoms with van der Waals surface area (Å²) in [5, 5.41) is 18.5. The Kier molecular flexibility index (Phi) is 4.45. The molecule has 0 aliphatic rings. The molecule has 1 rings (SSSR count). The SMILES string of the molecule is COc1cc(O)c(CCC(=O)O)c(Cl)c1OC. The largest absolute Gasteiger partial charge is 0.507 e. The molecule has 0 radical (unpaired) electrons. The van der Waals surface area contributed by atoms with Crippen molar-refractivity contribution in [3.05, 3.63) is 16.7 Å². The number of carboxylic acids is 1. The highest BCUT2D eigenvalue weighted by atomic mass is 35.5. The maximum atomic E-state index is 10.5. The van der Waals surface area contributed by atoms with Gasteiger partial charge in [0.15, 0.2) is 11.5 Å². The first-order valence-corrected chi connectivity index (χ1v) is 5.23. The maximum absolute atomic E-state index is 10.5. The van der Waals surface area contributed by atoms with E-state index in [4.69, 9.17) is 26.2 Å². The molecule has 0 aliphatic carbocycles. The summed E-state index contributed by atoms with van der Waals surface area (Å²) in [4.78, 5) is 10.5. The standard InChI is InChI=1S/C11H13ClO5/c1-16-8-5-7(13)6(3-4-9(14)15)10(12)11(8)17-2/h5,13H,3-4H2,1-2H3,(H,14,15). The molecule has 0 saturated carbocycles. The first kappa shape index (κ1) is 13.4. The Morgan fingerprint density at radius 3 is 2.53 bits per heavy atom. The molecular weight excluding hydrogens is 248 g/mol. The summed E-state index contributed by atoms with van der Waals surface area (Å²) in [7, 11) is 2.84. The van der Waals surface area contributed by atoms with Crippen LogP contribution in [0.25, 0.3) is 0 Å². The van der Waals surface area contributed by atoms with Crippen molar-refractivity contribution in [1.82, 2.24) is 0 Å². The predicted molar refractivity (Wildman–Crippen MR) is 62.2 cm³/mol. The molecule has 1 aromatic carbocycles. The van der Waals surface area contributed by atoms with E-state index < -0.39 is 5.97 Å². The quantitative estimate of drug-likeness (QED) is 0.848. The molecule has 0 aliphatic heterocycles. The second-order valence-corrected chi connectivity index (χ2v) is 3.70. The Morgan fingerprint density at radius 1 is 1.41 bits per heavy atom. The number of rotatable bonds is 5. The third kappa shape index (κ3) is 2.94. The summed E-state index contributed by atoms with van der Waals surface area (Å²) < 4.78 is 10.0. The molecule has 1 aromatic rings. The summed E-state index contributed by atoms with van der Waals surface area (Å²) >= 11 is 6.02. The molecule has 0 bridgehead atoms. The van der Waals surface area contributed by atoms with E-state index in [1.807, 2.05) is 0 Å². The van der Waals surface area contributed by atoms with Crippen LogP contribution in [0.1, 0.15) is 12.0 Å².